The van der Waals surface area contributed by atoms with Crippen LogP contribution in [-0.4, -0.2) is 27.6 Å². The first-order valence-electron chi connectivity index (χ1n) is 7.74. The Morgan fingerprint density at radius 3 is 2.54 bits per heavy atom. The van der Waals surface area contributed by atoms with Crippen LogP contribution in [0.15, 0.2) is 42.5 Å². The van der Waals surface area contributed by atoms with E-state index in [4.69, 9.17) is 9.84 Å². The number of carboxylic acids is 1. The Labute approximate surface area is 139 Å². The second-order valence-electron chi connectivity index (χ2n) is 6.15. The summed E-state index contributed by atoms with van der Waals surface area (Å²) in [5, 5.41) is 18.6. The SMILES string of the molecule is Cc1ccc(C(=O)C2(CCC(=O)O)Cc3ccc(O)cc3O2)cc1. The molecule has 0 saturated heterocycles. The monoisotopic (exact) mass is 326 g/mol. The van der Waals surface area contributed by atoms with Crippen molar-refractivity contribution in [2.45, 2.75) is 31.8 Å². The van der Waals surface area contributed by atoms with Crippen LogP contribution in [0.25, 0.3) is 0 Å². The first-order chi connectivity index (χ1) is 11.4. The summed E-state index contributed by atoms with van der Waals surface area (Å²) < 4.78 is 5.90. The summed E-state index contributed by atoms with van der Waals surface area (Å²) in [6, 6.07) is 11.8. The van der Waals surface area contributed by atoms with Crippen molar-refractivity contribution in [1.82, 2.24) is 0 Å². The van der Waals surface area contributed by atoms with Crippen LogP contribution in [0.3, 0.4) is 0 Å². The molecule has 0 bridgehead atoms. The maximum absolute atomic E-state index is 13.1. The highest BCUT2D eigenvalue weighted by atomic mass is 16.5. The number of ether oxygens (including phenoxy) is 1. The van der Waals surface area contributed by atoms with Gasteiger partial charge in [-0.3, -0.25) is 9.59 Å². The molecular formula is C19H18O5. The van der Waals surface area contributed by atoms with Gasteiger partial charge in [0.1, 0.15) is 11.5 Å². The molecule has 3 rings (SSSR count). The molecule has 24 heavy (non-hydrogen) atoms. The molecule has 0 spiro atoms. The number of phenolic OH excluding ortho intramolecular Hbond substituents is 1. The van der Waals surface area contributed by atoms with Crippen molar-refractivity contribution >= 4 is 11.8 Å². The number of carbonyl (C=O) groups is 2. The van der Waals surface area contributed by atoms with E-state index in [1.807, 2.05) is 19.1 Å². The minimum absolute atomic E-state index is 0.0468. The van der Waals surface area contributed by atoms with E-state index in [1.54, 1.807) is 18.2 Å². The van der Waals surface area contributed by atoms with E-state index >= 15 is 0 Å². The Morgan fingerprint density at radius 1 is 1.17 bits per heavy atom. The zero-order chi connectivity index (χ0) is 17.3. The van der Waals surface area contributed by atoms with Gasteiger partial charge in [0.15, 0.2) is 5.60 Å². The van der Waals surface area contributed by atoms with Gasteiger partial charge in [-0.2, -0.15) is 0 Å². The lowest BCUT2D eigenvalue weighted by molar-refractivity contribution is -0.137. The molecule has 0 fully saturated rings. The molecule has 0 radical (unpaired) electrons. The third-order valence-corrected chi connectivity index (χ3v) is 4.30. The predicted octanol–water partition coefficient (Wildman–Crippen LogP) is 3.12. The molecule has 2 aromatic rings. The fourth-order valence-corrected chi connectivity index (χ4v) is 2.99. The number of hydrogen-bond acceptors (Lipinski definition) is 4. The van der Waals surface area contributed by atoms with Gasteiger partial charge in [-0.15, -0.1) is 0 Å². The van der Waals surface area contributed by atoms with Crippen molar-refractivity contribution in [2.24, 2.45) is 0 Å². The van der Waals surface area contributed by atoms with Crippen LogP contribution in [0.2, 0.25) is 0 Å². The summed E-state index contributed by atoms with van der Waals surface area (Å²) in [7, 11) is 0. The zero-order valence-corrected chi connectivity index (χ0v) is 13.3. The molecule has 5 nitrogen and oxygen atoms in total. The van der Waals surface area contributed by atoms with Crippen LogP contribution in [0, 0.1) is 6.92 Å². The van der Waals surface area contributed by atoms with Gasteiger partial charge in [-0.1, -0.05) is 35.9 Å². The summed E-state index contributed by atoms with van der Waals surface area (Å²) in [5.74, 6) is -0.737. The second-order valence-corrected chi connectivity index (χ2v) is 6.15. The average Bonchev–Trinajstić information content (AvgIpc) is 2.92. The minimum atomic E-state index is -1.25. The minimum Gasteiger partial charge on any atom is -0.508 e. The van der Waals surface area contributed by atoms with Crippen LogP contribution >= 0.6 is 0 Å². The van der Waals surface area contributed by atoms with Gasteiger partial charge in [0.05, 0.1) is 0 Å². The van der Waals surface area contributed by atoms with E-state index in [0.717, 1.165) is 11.1 Å². The van der Waals surface area contributed by atoms with E-state index in [1.165, 1.54) is 12.1 Å². The highest BCUT2D eigenvalue weighted by molar-refractivity contribution is 6.03. The first-order valence-corrected chi connectivity index (χ1v) is 7.74. The highest BCUT2D eigenvalue weighted by Crippen LogP contribution is 2.41. The summed E-state index contributed by atoms with van der Waals surface area (Å²) in [4.78, 5) is 24.1. The number of carboxylic acid groups (broad SMARTS) is 1. The second kappa shape index (κ2) is 6.00. The van der Waals surface area contributed by atoms with Crippen LogP contribution < -0.4 is 4.74 Å². The van der Waals surface area contributed by atoms with Gasteiger partial charge in [0.2, 0.25) is 5.78 Å². The third kappa shape index (κ3) is 2.97. The molecule has 1 aliphatic heterocycles. The molecule has 0 amide bonds. The smallest absolute Gasteiger partial charge is 0.303 e. The van der Waals surface area contributed by atoms with Gasteiger partial charge < -0.3 is 14.9 Å². The van der Waals surface area contributed by atoms with E-state index in [9.17, 15) is 14.7 Å². The van der Waals surface area contributed by atoms with Crippen molar-refractivity contribution < 1.29 is 24.5 Å². The highest BCUT2D eigenvalue weighted by Gasteiger charge is 2.46. The van der Waals surface area contributed by atoms with Gasteiger partial charge in [0.25, 0.3) is 0 Å². The number of carbonyl (C=O) groups excluding carboxylic acids is 1. The van der Waals surface area contributed by atoms with E-state index in [-0.39, 0.29) is 24.4 Å². The molecule has 1 atom stereocenters. The van der Waals surface area contributed by atoms with E-state index in [2.05, 4.69) is 0 Å². The van der Waals surface area contributed by atoms with Crippen molar-refractivity contribution in [3.05, 3.63) is 59.2 Å². The number of aromatic hydroxyl groups is 1. The summed E-state index contributed by atoms with van der Waals surface area (Å²) in [5.41, 5.74) is 1.07. The van der Waals surface area contributed by atoms with Crippen molar-refractivity contribution in [2.75, 3.05) is 0 Å². The van der Waals surface area contributed by atoms with Crippen LogP contribution in [0.4, 0.5) is 0 Å². The Hall–Kier alpha value is -2.82. The molecule has 0 aliphatic carbocycles. The predicted molar refractivity (Wildman–Crippen MR) is 87.5 cm³/mol. The molecule has 1 aliphatic rings. The van der Waals surface area contributed by atoms with Gasteiger partial charge in [-0.25, -0.2) is 0 Å². The van der Waals surface area contributed by atoms with E-state index < -0.39 is 11.6 Å². The van der Waals surface area contributed by atoms with Crippen LogP contribution in [0.5, 0.6) is 11.5 Å². The van der Waals surface area contributed by atoms with Crippen molar-refractivity contribution in [3.8, 4) is 11.5 Å². The van der Waals surface area contributed by atoms with Gasteiger partial charge >= 0.3 is 5.97 Å². The lowest BCUT2D eigenvalue weighted by Gasteiger charge is -2.27. The van der Waals surface area contributed by atoms with E-state index in [0.29, 0.717) is 17.7 Å². The lowest BCUT2D eigenvalue weighted by atomic mass is 9.84. The number of hydrogen-bond donors (Lipinski definition) is 2. The van der Waals surface area contributed by atoms with Crippen LogP contribution in [-0.2, 0) is 11.2 Å². The molecular weight excluding hydrogens is 308 g/mol. The lowest BCUT2D eigenvalue weighted by Crippen LogP contribution is -2.44. The maximum atomic E-state index is 13.1. The molecule has 5 heteroatoms. The maximum Gasteiger partial charge on any atom is 0.303 e. The zero-order valence-electron chi connectivity index (χ0n) is 13.3. The molecule has 0 aromatic heterocycles. The molecule has 1 heterocycles. The van der Waals surface area contributed by atoms with Gasteiger partial charge in [-0.05, 0) is 18.6 Å². The Bertz CT molecular complexity index is 794. The molecule has 0 saturated carbocycles. The number of benzene rings is 2. The summed E-state index contributed by atoms with van der Waals surface area (Å²) in [6.07, 6.45) is 0.199. The number of rotatable bonds is 5. The standard InChI is InChI=1S/C19H18O5/c1-12-2-4-13(5-3-12)18(23)19(9-8-17(21)22)11-14-6-7-15(20)10-16(14)24-19/h2-7,10,20H,8-9,11H2,1H3,(H,21,22). The number of fused-ring (bicyclic) bond motifs is 1. The fraction of sp³-hybridized carbons (Fsp3) is 0.263. The molecule has 1 unspecified atom stereocenters. The van der Waals surface area contributed by atoms with Crippen molar-refractivity contribution in [3.63, 3.8) is 0 Å². The van der Waals surface area contributed by atoms with Gasteiger partial charge in [0, 0.05) is 30.9 Å². The summed E-state index contributed by atoms with van der Waals surface area (Å²) in [6.45, 7) is 1.93. The average molecular weight is 326 g/mol. The van der Waals surface area contributed by atoms with Crippen molar-refractivity contribution in [1.29, 1.82) is 0 Å². The normalized spacial score (nSPS) is 18.7. The molecule has 2 aromatic carbocycles. The Balaban J connectivity index is 1.96. The fourth-order valence-electron chi connectivity index (χ4n) is 2.99. The number of ketones is 1. The quantitative estimate of drug-likeness (QED) is 0.825. The largest absolute Gasteiger partial charge is 0.508 e. The molecule has 2 N–H and O–H groups in total. The first kappa shape index (κ1) is 16.1. The molecule has 124 valence electrons. The number of aliphatic carboxylic acids is 1. The number of phenols is 1. The number of aryl methyl sites for hydroxylation is 1. The Morgan fingerprint density at radius 2 is 1.88 bits per heavy atom. The van der Waals surface area contributed by atoms with Crippen LogP contribution in [0.1, 0.15) is 34.3 Å². The Kier molecular flexibility index (Phi) is 4.01. The number of Topliss-reactive ketones (excluding diaryl/α,β-unsaturated/α-hetero) is 1. The summed E-state index contributed by atoms with van der Waals surface area (Å²) >= 11 is 0. The third-order valence-electron chi connectivity index (χ3n) is 4.30. The topological polar surface area (TPSA) is 83.8 Å².